The number of amides is 2. The molecule has 29 heavy (non-hydrogen) atoms. The van der Waals surface area contributed by atoms with Crippen LogP contribution in [-0.2, 0) is 4.79 Å². The van der Waals surface area contributed by atoms with Gasteiger partial charge in [-0.05, 0) is 62.9 Å². The van der Waals surface area contributed by atoms with Gasteiger partial charge >= 0.3 is 0 Å². The zero-order valence-corrected chi connectivity index (χ0v) is 18.7. The van der Waals surface area contributed by atoms with E-state index in [1.54, 1.807) is 12.1 Å². The number of thiocarbonyl (C=S) groups is 1. The van der Waals surface area contributed by atoms with Crippen LogP contribution in [0.3, 0.4) is 0 Å². The summed E-state index contributed by atoms with van der Waals surface area (Å²) in [6.45, 7) is 10.5. The van der Waals surface area contributed by atoms with Gasteiger partial charge in [0.05, 0.1) is 0 Å². The minimum atomic E-state index is -0.557. The number of nitrogens with zero attached hydrogens (tertiary/aromatic N) is 1. The van der Waals surface area contributed by atoms with Crippen LogP contribution in [0.25, 0.3) is 0 Å². The summed E-state index contributed by atoms with van der Waals surface area (Å²) in [6, 6.07) is 8.53. The summed E-state index contributed by atoms with van der Waals surface area (Å²) >= 11 is 5.41. The lowest BCUT2D eigenvalue weighted by molar-refractivity contribution is -0.125. The van der Waals surface area contributed by atoms with Gasteiger partial charge in [-0.25, -0.2) is 0 Å². The van der Waals surface area contributed by atoms with Crippen molar-refractivity contribution in [3.63, 3.8) is 0 Å². The van der Waals surface area contributed by atoms with Gasteiger partial charge < -0.3 is 20.9 Å². The van der Waals surface area contributed by atoms with E-state index in [9.17, 15) is 9.59 Å². The molecule has 1 heterocycles. The summed E-state index contributed by atoms with van der Waals surface area (Å²) in [7, 11) is 0. The maximum Gasteiger partial charge on any atom is 0.251 e. The zero-order valence-electron chi connectivity index (χ0n) is 17.9. The molecule has 0 aromatic heterocycles. The Bertz CT molecular complexity index is 687. The van der Waals surface area contributed by atoms with Crippen LogP contribution in [0.5, 0.6) is 0 Å². The molecule has 3 N–H and O–H groups in total. The first kappa shape index (κ1) is 23.1. The van der Waals surface area contributed by atoms with Crippen molar-refractivity contribution in [3.8, 4) is 0 Å². The molecule has 1 aromatic carbocycles. The Morgan fingerprint density at radius 2 is 1.72 bits per heavy atom. The fraction of sp³-hybridized carbons (Fsp3) is 0.591. The van der Waals surface area contributed by atoms with Crippen molar-refractivity contribution in [3.05, 3.63) is 35.9 Å². The van der Waals surface area contributed by atoms with Gasteiger partial charge in [-0.1, -0.05) is 32.0 Å². The van der Waals surface area contributed by atoms with E-state index in [0.29, 0.717) is 11.5 Å². The Hall–Kier alpha value is -2.15. The highest BCUT2D eigenvalue weighted by atomic mass is 32.1. The second-order valence-corrected chi connectivity index (χ2v) is 8.41. The molecule has 0 bridgehead atoms. The highest BCUT2D eigenvalue weighted by molar-refractivity contribution is 7.80. The fourth-order valence-corrected chi connectivity index (χ4v) is 3.72. The largest absolute Gasteiger partial charge is 0.363 e. The minimum Gasteiger partial charge on any atom is -0.363 e. The molecule has 2 atom stereocenters. The third kappa shape index (κ3) is 6.70. The van der Waals surface area contributed by atoms with Crippen molar-refractivity contribution in [2.45, 2.75) is 52.6 Å². The number of benzene rings is 1. The van der Waals surface area contributed by atoms with Gasteiger partial charge in [0.15, 0.2) is 5.11 Å². The van der Waals surface area contributed by atoms with Gasteiger partial charge in [0.25, 0.3) is 5.91 Å². The van der Waals surface area contributed by atoms with E-state index < -0.39 is 6.04 Å². The van der Waals surface area contributed by atoms with Crippen LogP contribution in [-0.4, -0.2) is 53.5 Å². The molecule has 0 radical (unpaired) electrons. The van der Waals surface area contributed by atoms with Gasteiger partial charge in [-0.15, -0.1) is 0 Å². The van der Waals surface area contributed by atoms with Crippen LogP contribution in [0, 0.1) is 11.8 Å². The molecule has 1 aliphatic rings. The molecule has 0 unspecified atom stereocenters. The standard InChI is InChI=1S/C22H34N4O2S/c1-5-23-22(29)26-13-11-17(12-14-26)19(21(28)24-16(4)15(2)3)25-20(27)18-9-7-6-8-10-18/h6-10,15-17,19H,5,11-14H2,1-4H3,(H,23,29)(H,24,28)(H,25,27)/t16-,19+/m1/s1. The van der Waals surface area contributed by atoms with E-state index in [4.69, 9.17) is 12.2 Å². The number of likely N-dealkylation sites (tertiary alicyclic amines) is 1. The first-order valence-electron chi connectivity index (χ1n) is 10.5. The molecular weight excluding hydrogens is 384 g/mol. The monoisotopic (exact) mass is 418 g/mol. The maximum atomic E-state index is 13.1. The molecule has 0 aliphatic carbocycles. The van der Waals surface area contributed by atoms with Crippen molar-refractivity contribution in [1.82, 2.24) is 20.9 Å². The molecule has 2 amide bonds. The summed E-state index contributed by atoms with van der Waals surface area (Å²) in [4.78, 5) is 28.0. The highest BCUT2D eigenvalue weighted by Gasteiger charge is 2.34. The zero-order chi connectivity index (χ0) is 21.4. The predicted molar refractivity (Wildman–Crippen MR) is 121 cm³/mol. The molecule has 7 heteroatoms. The fourth-order valence-electron chi connectivity index (χ4n) is 3.39. The Balaban J connectivity index is 2.09. The van der Waals surface area contributed by atoms with Crippen molar-refractivity contribution in [2.75, 3.05) is 19.6 Å². The molecule has 1 fully saturated rings. The minimum absolute atomic E-state index is 0.0417. The van der Waals surface area contributed by atoms with Crippen LogP contribution >= 0.6 is 12.2 Å². The van der Waals surface area contributed by atoms with Crippen LogP contribution in [0.4, 0.5) is 0 Å². The number of hydrogen-bond acceptors (Lipinski definition) is 3. The van der Waals surface area contributed by atoms with Crippen molar-refractivity contribution < 1.29 is 9.59 Å². The Kier molecular flexibility index (Phi) is 8.89. The highest BCUT2D eigenvalue weighted by Crippen LogP contribution is 2.22. The van der Waals surface area contributed by atoms with E-state index in [-0.39, 0.29) is 23.8 Å². The van der Waals surface area contributed by atoms with Crippen molar-refractivity contribution >= 4 is 29.1 Å². The van der Waals surface area contributed by atoms with Gasteiger partial charge in [-0.3, -0.25) is 9.59 Å². The SMILES string of the molecule is CCNC(=S)N1CCC([C@H](NC(=O)c2ccccc2)C(=O)N[C@H](C)C(C)C)CC1. The van der Waals surface area contributed by atoms with E-state index in [1.807, 2.05) is 32.0 Å². The van der Waals surface area contributed by atoms with Crippen molar-refractivity contribution in [1.29, 1.82) is 0 Å². The molecule has 160 valence electrons. The van der Waals surface area contributed by atoms with Crippen molar-refractivity contribution in [2.24, 2.45) is 11.8 Å². The molecule has 1 saturated heterocycles. The number of hydrogen-bond donors (Lipinski definition) is 3. The summed E-state index contributed by atoms with van der Waals surface area (Å²) < 4.78 is 0. The molecule has 1 aliphatic heterocycles. The second kappa shape index (κ2) is 11.1. The lowest BCUT2D eigenvalue weighted by Gasteiger charge is -2.37. The average molecular weight is 419 g/mol. The first-order valence-corrected chi connectivity index (χ1v) is 10.9. The maximum absolute atomic E-state index is 13.1. The van der Waals surface area contributed by atoms with E-state index in [2.05, 4.69) is 34.7 Å². The third-order valence-electron chi connectivity index (χ3n) is 5.60. The summed E-state index contributed by atoms with van der Waals surface area (Å²) in [5.74, 6) is 0.0724. The Morgan fingerprint density at radius 3 is 2.28 bits per heavy atom. The van der Waals surface area contributed by atoms with E-state index in [0.717, 1.165) is 37.6 Å². The van der Waals surface area contributed by atoms with Gasteiger partial charge in [-0.2, -0.15) is 0 Å². The lowest BCUT2D eigenvalue weighted by Crippen LogP contribution is -2.56. The molecule has 1 aromatic rings. The normalized spacial score (nSPS) is 16.8. The first-order chi connectivity index (χ1) is 13.8. The Labute approximate surface area is 179 Å². The molecule has 2 rings (SSSR count). The van der Waals surface area contributed by atoms with E-state index >= 15 is 0 Å². The molecular formula is C22H34N4O2S. The van der Waals surface area contributed by atoms with Crippen LogP contribution in [0.2, 0.25) is 0 Å². The van der Waals surface area contributed by atoms with Crippen LogP contribution in [0.1, 0.15) is 50.9 Å². The Morgan fingerprint density at radius 1 is 1.10 bits per heavy atom. The van der Waals surface area contributed by atoms with E-state index in [1.165, 1.54) is 0 Å². The summed E-state index contributed by atoms with van der Waals surface area (Å²) in [5, 5.41) is 10.0. The van der Waals surface area contributed by atoms with Gasteiger partial charge in [0, 0.05) is 31.2 Å². The molecule has 0 spiro atoms. The summed E-state index contributed by atoms with van der Waals surface area (Å²) in [5.41, 5.74) is 0.563. The van der Waals surface area contributed by atoms with Crippen LogP contribution in [0.15, 0.2) is 30.3 Å². The van der Waals surface area contributed by atoms with Gasteiger partial charge in [0.2, 0.25) is 5.91 Å². The topological polar surface area (TPSA) is 73.5 Å². The number of rotatable bonds is 7. The summed E-state index contributed by atoms with van der Waals surface area (Å²) in [6.07, 6.45) is 1.60. The third-order valence-corrected chi connectivity index (χ3v) is 6.00. The average Bonchev–Trinajstić information content (AvgIpc) is 2.72. The lowest BCUT2D eigenvalue weighted by atomic mass is 9.88. The van der Waals surface area contributed by atoms with Crippen LogP contribution < -0.4 is 16.0 Å². The van der Waals surface area contributed by atoms with Gasteiger partial charge in [0.1, 0.15) is 6.04 Å². The molecule has 6 nitrogen and oxygen atoms in total. The quantitative estimate of drug-likeness (QED) is 0.594. The number of carbonyl (C=O) groups is 2. The smallest absolute Gasteiger partial charge is 0.251 e. The predicted octanol–water partition coefficient (Wildman–Crippen LogP) is 2.55. The number of piperidine rings is 1. The number of nitrogens with one attached hydrogen (secondary N) is 3. The number of carbonyl (C=O) groups excluding carboxylic acids is 2. The molecule has 0 saturated carbocycles. The second-order valence-electron chi connectivity index (χ2n) is 8.02.